The molecule has 2 N–H and O–H groups in total. The Morgan fingerprint density at radius 3 is 2.88 bits per heavy atom. The second kappa shape index (κ2) is 8.04. The number of carbonyl (C=O) groups is 1. The molecule has 0 aliphatic carbocycles. The Hall–Kier alpha value is -2.24. The molecule has 1 fully saturated rings. The quantitative estimate of drug-likeness (QED) is 0.880. The molecule has 126 valence electrons. The molecule has 2 heterocycles. The van der Waals surface area contributed by atoms with Crippen LogP contribution in [0.4, 0.5) is 0 Å². The largest absolute Gasteiger partial charge is 0.366 e. The lowest BCUT2D eigenvalue weighted by molar-refractivity contribution is -0.135. The molecule has 1 aliphatic heterocycles. The summed E-state index contributed by atoms with van der Waals surface area (Å²) in [4.78, 5) is 16.7. The lowest BCUT2D eigenvalue weighted by Crippen LogP contribution is -2.48. The molecule has 5 heteroatoms. The first-order valence-corrected chi connectivity index (χ1v) is 8.30. The molecule has 3 rings (SSSR count). The zero-order chi connectivity index (χ0) is 16.8. The molecule has 2 atom stereocenters. The van der Waals surface area contributed by atoms with Gasteiger partial charge in [-0.05, 0) is 30.5 Å². The van der Waals surface area contributed by atoms with E-state index >= 15 is 0 Å². The summed E-state index contributed by atoms with van der Waals surface area (Å²) in [6, 6.07) is 12.1. The number of hydrogen-bond donors (Lipinski definition) is 2. The molecule has 1 aromatic heterocycles. The molecule has 24 heavy (non-hydrogen) atoms. The van der Waals surface area contributed by atoms with Crippen LogP contribution in [0.5, 0.6) is 0 Å². The summed E-state index contributed by atoms with van der Waals surface area (Å²) in [5.74, 6) is -0.0804. The number of aryl methyl sites for hydroxylation is 1. The molecular formula is C19H23N3O2. The number of benzene rings is 1. The van der Waals surface area contributed by atoms with Gasteiger partial charge < -0.3 is 15.4 Å². The molecule has 5 nitrogen and oxygen atoms in total. The van der Waals surface area contributed by atoms with Gasteiger partial charge in [0.25, 0.3) is 5.91 Å². The van der Waals surface area contributed by atoms with Crippen LogP contribution in [0.15, 0.2) is 48.8 Å². The zero-order valence-corrected chi connectivity index (χ0v) is 13.9. The monoisotopic (exact) mass is 325 g/mol. The number of rotatable bonds is 5. The Morgan fingerprint density at radius 1 is 1.38 bits per heavy atom. The number of ether oxygens (including phenoxy) is 1. The van der Waals surface area contributed by atoms with Crippen molar-refractivity contribution in [2.24, 2.45) is 0 Å². The molecule has 1 amide bonds. The van der Waals surface area contributed by atoms with Crippen LogP contribution in [0.25, 0.3) is 0 Å². The summed E-state index contributed by atoms with van der Waals surface area (Å²) in [6.07, 6.45) is 3.83. The van der Waals surface area contributed by atoms with E-state index in [4.69, 9.17) is 4.74 Å². The number of nitrogens with one attached hydrogen (secondary N) is 2. The van der Waals surface area contributed by atoms with Crippen molar-refractivity contribution >= 4 is 5.91 Å². The highest BCUT2D eigenvalue weighted by Gasteiger charge is 2.25. The summed E-state index contributed by atoms with van der Waals surface area (Å²) >= 11 is 0. The summed E-state index contributed by atoms with van der Waals surface area (Å²) in [6.45, 7) is 3.97. The predicted octanol–water partition coefficient (Wildman–Crippen LogP) is 1.78. The number of amides is 1. The van der Waals surface area contributed by atoms with Gasteiger partial charge in [0.15, 0.2) is 0 Å². The molecule has 1 aliphatic rings. The zero-order valence-electron chi connectivity index (χ0n) is 13.9. The van der Waals surface area contributed by atoms with E-state index in [9.17, 15) is 4.79 Å². The lowest BCUT2D eigenvalue weighted by Gasteiger charge is -2.26. The van der Waals surface area contributed by atoms with Crippen LogP contribution >= 0.6 is 0 Å². The number of aromatic nitrogens is 1. The van der Waals surface area contributed by atoms with Crippen molar-refractivity contribution in [2.45, 2.75) is 25.5 Å². The highest BCUT2D eigenvalue weighted by Crippen LogP contribution is 2.18. The second-order valence-corrected chi connectivity index (χ2v) is 6.10. The van der Waals surface area contributed by atoms with Gasteiger partial charge in [0.1, 0.15) is 6.10 Å². The standard InChI is InChI=1S/C19H23N3O2/c1-14-4-6-15(7-5-14)11-17(16-3-2-8-20-12-16)22-19(23)18-13-21-9-10-24-18/h2-8,12,17-18,21H,9-11,13H2,1H3,(H,22,23)/t17-,18-/m0/s1. The average molecular weight is 325 g/mol. The van der Waals surface area contributed by atoms with Crippen LogP contribution in [0.1, 0.15) is 22.7 Å². The van der Waals surface area contributed by atoms with Crippen molar-refractivity contribution in [3.05, 3.63) is 65.5 Å². The number of morpholine rings is 1. The van der Waals surface area contributed by atoms with Crippen molar-refractivity contribution < 1.29 is 9.53 Å². The SMILES string of the molecule is Cc1ccc(C[C@H](NC(=O)[C@@H]2CNCCO2)c2cccnc2)cc1. The van der Waals surface area contributed by atoms with Crippen molar-refractivity contribution in [2.75, 3.05) is 19.7 Å². The van der Waals surface area contributed by atoms with Gasteiger partial charge in [-0.25, -0.2) is 0 Å². The Balaban J connectivity index is 1.74. The minimum absolute atomic E-state index is 0.0804. The van der Waals surface area contributed by atoms with Gasteiger partial charge >= 0.3 is 0 Å². The van der Waals surface area contributed by atoms with E-state index in [0.29, 0.717) is 13.2 Å². The van der Waals surface area contributed by atoms with Crippen molar-refractivity contribution in [3.63, 3.8) is 0 Å². The van der Waals surface area contributed by atoms with Gasteiger partial charge in [-0.3, -0.25) is 9.78 Å². The van der Waals surface area contributed by atoms with Crippen LogP contribution in [0.2, 0.25) is 0 Å². The van der Waals surface area contributed by atoms with Gasteiger partial charge in [-0.15, -0.1) is 0 Å². The number of nitrogens with zero attached hydrogens (tertiary/aromatic N) is 1. The van der Waals surface area contributed by atoms with Crippen molar-refractivity contribution in [3.8, 4) is 0 Å². The third-order valence-corrected chi connectivity index (χ3v) is 4.18. The first-order valence-electron chi connectivity index (χ1n) is 8.30. The Kier molecular flexibility index (Phi) is 5.56. The maximum atomic E-state index is 12.5. The molecule has 1 aromatic carbocycles. The lowest BCUT2D eigenvalue weighted by atomic mass is 9.99. The first-order chi connectivity index (χ1) is 11.7. The third kappa shape index (κ3) is 4.40. The fraction of sp³-hybridized carbons (Fsp3) is 0.368. The smallest absolute Gasteiger partial charge is 0.250 e. The number of pyridine rings is 1. The fourth-order valence-electron chi connectivity index (χ4n) is 2.79. The van der Waals surface area contributed by atoms with Crippen LogP contribution in [-0.2, 0) is 16.0 Å². The van der Waals surface area contributed by atoms with E-state index in [1.165, 1.54) is 11.1 Å². The summed E-state index contributed by atoms with van der Waals surface area (Å²) in [5, 5.41) is 6.31. The van der Waals surface area contributed by atoms with Crippen molar-refractivity contribution in [1.82, 2.24) is 15.6 Å². The highest BCUT2D eigenvalue weighted by atomic mass is 16.5. The summed E-state index contributed by atoms with van der Waals surface area (Å²) < 4.78 is 5.55. The molecular weight excluding hydrogens is 302 g/mol. The van der Waals surface area contributed by atoms with E-state index in [1.807, 2.05) is 12.1 Å². The van der Waals surface area contributed by atoms with Gasteiger partial charge in [-0.2, -0.15) is 0 Å². The van der Waals surface area contributed by atoms with E-state index < -0.39 is 6.10 Å². The minimum atomic E-state index is -0.434. The second-order valence-electron chi connectivity index (χ2n) is 6.10. The molecule has 2 aromatic rings. The molecule has 1 saturated heterocycles. The summed E-state index contributed by atoms with van der Waals surface area (Å²) in [5.41, 5.74) is 3.40. The Bertz CT molecular complexity index is 652. The van der Waals surface area contributed by atoms with E-state index in [2.05, 4.69) is 46.8 Å². The third-order valence-electron chi connectivity index (χ3n) is 4.18. The minimum Gasteiger partial charge on any atom is -0.366 e. The maximum absolute atomic E-state index is 12.5. The van der Waals surface area contributed by atoms with Crippen molar-refractivity contribution in [1.29, 1.82) is 0 Å². The van der Waals surface area contributed by atoms with Crippen LogP contribution in [0.3, 0.4) is 0 Å². The normalized spacial score (nSPS) is 18.8. The number of carbonyl (C=O) groups excluding carboxylic acids is 1. The molecule has 0 bridgehead atoms. The van der Waals surface area contributed by atoms with Gasteiger partial charge in [0.05, 0.1) is 12.6 Å². The Morgan fingerprint density at radius 2 is 2.21 bits per heavy atom. The van der Waals surface area contributed by atoms with Crippen LogP contribution in [0, 0.1) is 6.92 Å². The highest BCUT2D eigenvalue weighted by molar-refractivity contribution is 5.81. The fourth-order valence-corrected chi connectivity index (χ4v) is 2.79. The maximum Gasteiger partial charge on any atom is 0.250 e. The molecule has 0 unspecified atom stereocenters. The van der Waals surface area contributed by atoms with E-state index in [0.717, 1.165) is 18.5 Å². The van der Waals surface area contributed by atoms with E-state index in [1.54, 1.807) is 12.4 Å². The van der Waals surface area contributed by atoms with E-state index in [-0.39, 0.29) is 11.9 Å². The topological polar surface area (TPSA) is 63.2 Å². The van der Waals surface area contributed by atoms with Gasteiger partial charge in [0.2, 0.25) is 0 Å². The van der Waals surface area contributed by atoms with Crippen LogP contribution < -0.4 is 10.6 Å². The van der Waals surface area contributed by atoms with Gasteiger partial charge in [0, 0.05) is 25.5 Å². The summed E-state index contributed by atoms with van der Waals surface area (Å²) in [7, 11) is 0. The van der Waals surface area contributed by atoms with Crippen LogP contribution in [-0.4, -0.2) is 36.7 Å². The predicted molar refractivity (Wildman–Crippen MR) is 92.6 cm³/mol. The molecule has 0 spiro atoms. The number of hydrogen-bond acceptors (Lipinski definition) is 4. The molecule has 0 saturated carbocycles. The first kappa shape index (κ1) is 16.6. The van der Waals surface area contributed by atoms with Gasteiger partial charge in [-0.1, -0.05) is 35.9 Å². The Labute approximate surface area is 142 Å². The molecule has 0 radical (unpaired) electrons. The average Bonchev–Trinajstić information content (AvgIpc) is 2.64.